The second-order valence-corrected chi connectivity index (χ2v) is 8.07. The van der Waals surface area contributed by atoms with E-state index in [4.69, 9.17) is 39.5 Å². The van der Waals surface area contributed by atoms with Crippen LogP contribution in [0.2, 0.25) is 15.1 Å². The van der Waals surface area contributed by atoms with Crippen LogP contribution in [0.25, 0.3) is 28.0 Å². The van der Waals surface area contributed by atoms with Gasteiger partial charge in [0.25, 0.3) is 5.56 Å². The molecular formula is C23H18Cl3N3O2. The molecule has 8 heteroatoms. The number of halogens is 3. The highest BCUT2D eigenvalue weighted by molar-refractivity contribution is 6.38. The lowest BCUT2D eigenvalue weighted by Crippen LogP contribution is -2.20. The maximum atomic E-state index is 12.9. The van der Waals surface area contributed by atoms with E-state index in [1.807, 2.05) is 18.2 Å². The zero-order valence-corrected chi connectivity index (χ0v) is 18.9. The Balaban J connectivity index is 2.07. The summed E-state index contributed by atoms with van der Waals surface area (Å²) in [5, 5.41) is 1.80. The Hall–Kier alpha value is -2.60. The second-order valence-electron chi connectivity index (χ2n) is 6.85. The number of ether oxygens (including phenoxy) is 1. The maximum absolute atomic E-state index is 12.9. The van der Waals surface area contributed by atoms with E-state index in [2.05, 4.69) is 16.9 Å². The molecule has 158 valence electrons. The van der Waals surface area contributed by atoms with Crippen molar-refractivity contribution >= 4 is 45.8 Å². The normalized spacial score (nSPS) is 11.1. The van der Waals surface area contributed by atoms with Crippen molar-refractivity contribution in [3.63, 3.8) is 0 Å². The fraction of sp³-hybridized carbons (Fsp3) is 0.174. The standard InChI is InChI=1S/C23H18Cl3N3O2/c1-2-3-13-31-23-27-20(14-7-4-5-8-16(14)24)15-11-12-19(30)29(22(15)28-23)21-17(25)9-6-10-18(21)26/h4-12H,2-3,13H2,1H3. The van der Waals surface area contributed by atoms with Gasteiger partial charge in [-0.05, 0) is 30.7 Å². The molecular weight excluding hydrogens is 457 g/mol. The lowest BCUT2D eigenvalue weighted by atomic mass is 10.1. The quantitative estimate of drug-likeness (QED) is 0.296. The molecule has 0 aliphatic carbocycles. The van der Waals surface area contributed by atoms with Crippen molar-refractivity contribution in [2.45, 2.75) is 19.8 Å². The van der Waals surface area contributed by atoms with E-state index in [0.29, 0.717) is 49.7 Å². The molecule has 2 aromatic heterocycles. The summed E-state index contributed by atoms with van der Waals surface area (Å²) >= 11 is 19.3. The number of aromatic nitrogens is 3. The molecule has 2 aromatic carbocycles. The number of rotatable bonds is 6. The van der Waals surface area contributed by atoms with Crippen molar-refractivity contribution in [1.29, 1.82) is 0 Å². The van der Waals surface area contributed by atoms with Crippen molar-refractivity contribution < 1.29 is 4.74 Å². The summed E-state index contributed by atoms with van der Waals surface area (Å²) in [6.07, 6.45) is 1.81. The molecule has 0 spiro atoms. The highest BCUT2D eigenvalue weighted by atomic mass is 35.5. The number of nitrogens with zero attached hydrogens (tertiary/aromatic N) is 3. The van der Waals surface area contributed by atoms with Gasteiger partial charge in [-0.25, -0.2) is 0 Å². The van der Waals surface area contributed by atoms with Crippen LogP contribution in [0.15, 0.2) is 59.4 Å². The highest BCUT2D eigenvalue weighted by Gasteiger charge is 2.19. The number of hydrogen-bond donors (Lipinski definition) is 0. The largest absolute Gasteiger partial charge is 0.463 e. The maximum Gasteiger partial charge on any atom is 0.318 e. The molecule has 0 fully saturated rings. The van der Waals surface area contributed by atoms with Gasteiger partial charge < -0.3 is 4.74 Å². The van der Waals surface area contributed by atoms with Gasteiger partial charge in [-0.15, -0.1) is 0 Å². The number of pyridine rings is 1. The van der Waals surface area contributed by atoms with Crippen molar-refractivity contribution in [3.05, 3.63) is 80.0 Å². The van der Waals surface area contributed by atoms with E-state index in [9.17, 15) is 4.79 Å². The molecule has 0 saturated heterocycles. The van der Waals surface area contributed by atoms with E-state index >= 15 is 0 Å². The van der Waals surface area contributed by atoms with Crippen LogP contribution < -0.4 is 10.3 Å². The fourth-order valence-corrected chi connectivity index (χ4v) is 4.04. The summed E-state index contributed by atoms with van der Waals surface area (Å²) in [4.78, 5) is 22.1. The SMILES string of the molecule is CCCCOc1nc(-c2ccccc2Cl)c2ccc(=O)n(-c3c(Cl)cccc3Cl)c2n1. The van der Waals surface area contributed by atoms with Gasteiger partial charge in [0, 0.05) is 22.0 Å². The number of unbranched alkanes of at least 4 members (excludes halogenated alkanes) is 1. The molecule has 0 bridgehead atoms. The average Bonchev–Trinajstić information content (AvgIpc) is 2.75. The summed E-state index contributed by atoms with van der Waals surface area (Å²) in [6, 6.07) is 15.7. The summed E-state index contributed by atoms with van der Waals surface area (Å²) in [5.41, 5.74) is 1.61. The third-order valence-corrected chi connectivity index (χ3v) is 5.69. The minimum Gasteiger partial charge on any atom is -0.463 e. The third-order valence-electron chi connectivity index (χ3n) is 4.75. The molecule has 0 radical (unpaired) electrons. The molecule has 0 aliphatic heterocycles. The van der Waals surface area contributed by atoms with Crippen molar-refractivity contribution in [2.75, 3.05) is 6.61 Å². The fourth-order valence-electron chi connectivity index (χ4n) is 3.24. The predicted octanol–water partition coefficient (Wildman–Crippen LogP) is 6.59. The molecule has 0 unspecified atom stereocenters. The lowest BCUT2D eigenvalue weighted by Gasteiger charge is -2.16. The minimum atomic E-state index is -0.328. The Morgan fingerprint density at radius 2 is 1.61 bits per heavy atom. The van der Waals surface area contributed by atoms with Crippen molar-refractivity contribution in [1.82, 2.24) is 14.5 Å². The molecule has 2 heterocycles. The zero-order valence-electron chi connectivity index (χ0n) is 16.6. The summed E-state index contributed by atoms with van der Waals surface area (Å²) < 4.78 is 7.18. The van der Waals surface area contributed by atoms with Crippen LogP contribution >= 0.6 is 34.8 Å². The van der Waals surface area contributed by atoms with Gasteiger partial charge in [0.05, 0.1) is 28.0 Å². The first-order chi connectivity index (χ1) is 15.0. The van der Waals surface area contributed by atoms with Crippen LogP contribution in [0.3, 0.4) is 0 Å². The van der Waals surface area contributed by atoms with E-state index in [0.717, 1.165) is 12.8 Å². The van der Waals surface area contributed by atoms with Crippen LogP contribution in [0, 0.1) is 0 Å². The van der Waals surface area contributed by atoms with Crippen LogP contribution in [-0.4, -0.2) is 21.1 Å². The molecule has 0 atom stereocenters. The minimum absolute atomic E-state index is 0.151. The number of fused-ring (bicyclic) bond motifs is 1. The number of benzene rings is 2. The van der Waals surface area contributed by atoms with Crippen LogP contribution in [-0.2, 0) is 0 Å². The van der Waals surface area contributed by atoms with Gasteiger partial charge in [0.1, 0.15) is 0 Å². The average molecular weight is 475 g/mol. The monoisotopic (exact) mass is 473 g/mol. The Kier molecular flexibility index (Phi) is 6.46. The first-order valence-electron chi connectivity index (χ1n) is 9.77. The zero-order chi connectivity index (χ0) is 22.0. The summed E-state index contributed by atoms with van der Waals surface area (Å²) in [7, 11) is 0. The molecule has 0 aliphatic rings. The highest BCUT2D eigenvalue weighted by Crippen LogP contribution is 2.35. The van der Waals surface area contributed by atoms with Gasteiger partial charge in [-0.2, -0.15) is 9.97 Å². The third kappa shape index (κ3) is 4.26. The smallest absolute Gasteiger partial charge is 0.318 e. The van der Waals surface area contributed by atoms with Crippen molar-refractivity contribution in [3.8, 4) is 23.0 Å². The molecule has 4 rings (SSSR count). The van der Waals surface area contributed by atoms with Gasteiger partial charge in [0.2, 0.25) is 0 Å². The molecule has 0 amide bonds. The van der Waals surface area contributed by atoms with Gasteiger partial charge in [-0.1, -0.05) is 72.4 Å². The number of para-hydroxylation sites is 1. The van der Waals surface area contributed by atoms with Gasteiger partial charge in [-0.3, -0.25) is 9.36 Å². The molecule has 5 nitrogen and oxygen atoms in total. The van der Waals surface area contributed by atoms with Gasteiger partial charge >= 0.3 is 6.01 Å². The van der Waals surface area contributed by atoms with Gasteiger partial charge in [0.15, 0.2) is 5.65 Å². The van der Waals surface area contributed by atoms with E-state index in [1.54, 1.807) is 30.3 Å². The van der Waals surface area contributed by atoms with E-state index < -0.39 is 0 Å². The molecule has 4 aromatic rings. The van der Waals surface area contributed by atoms with Crippen LogP contribution in [0.1, 0.15) is 19.8 Å². The summed E-state index contributed by atoms with van der Waals surface area (Å²) in [6.45, 7) is 2.52. The number of hydrogen-bond acceptors (Lipinski definition) is 4. The summed E-state index contributed by atoms with van der Waals surface area (Å²) in [5.74, 6) is 0. The lowest BCUT2D eigenvalue weighted by molar-refractivity contribution is 0.286. The second kappa shape index (κ2) is 9.27. The Bertz CT molecular complexity index is 1300. The molecule has 0 N–H and O–H groups in total. The molecule has 0 saturated carbocycles. The van der Waals surface area contributed by atoms with E-state index in [-0.39, 0.29) is 11.6 Å². The van der Waals surface area contributed by atoms with Crippen molar-refractivity contribution in [2.24, 2.45) is 0 Å². The van der Waals surface area contributed by atoms with Crippen LogP contribution in [0.5, 0.6) is 6.01 Å². The Morgan fingerprint density at radius 3 is 2.32 bits per heavy atom. The molecule has 31 heavy (non-hydrogen) atoms. The van der Waals surface area contributed by atoms with E-state index in [1.165, 1.54) is 10.6 Å². The first-order valence-corrected chi connectivity index (χ1v) is 10.9. The Morgan fingerprint density at radius 1 is 0.903 bits per heavy atom. The first kappa shape index (κ1) is 21.6. The van der Waals surface area contributed by atoms with Crippen LogP contribution in [0.4, 0.5) is 0 Å². The predicted molar refractivity (Wildman–Crippen MR) is 126 cm³/mol. The Labute approximate surface area is 194 Å². The topological polar surface area (TPSA) is 57.0 Å².